The van der Waals surface area contributed by atoms with Crippen LogP contribution in [0.15, 0.2) is 35.5 Å². The minimum Gasteiger partial charge on any atom is -0.396 e. The largest absolute Gasteiger partial charge is 0.396 e. The van der Waals surface area contributed by atoms with Crippen molar-refractivity contribution in [2.75, 3.05) is 12.4 Å². The molecule has 1 atom stereocenters. The number of hydrogen-bond acceptors (Lipinski definition) is 5. The Morgan fingerprint density at radius 2 is 2.21 bits per heavy atom. The summed E-state index contributed by atoms with van der Waals surface area (Å²) in [5.41, 5.74) is 0.0944. The Balaban J connectivity index is 2.41. The van der Waals surface area contributed by atoms with E-state index in [0.29, 0.717) is 5.39 Å². The van der Waals surface area contributed by atoms with Gasteiger partial charge in [0, 0.05) is 41.1 Å². The molecule has 1 aromatic heterocycles. The van der Waals surface area contributed by atoms with Crippen molar-refractivity contribution in [3.8, 4) is 0 Å². The monoisotopic (exact) mass is 278 g/mol. The highest BCUT2D eigenvalue weighted by molar-refractivity contribution is 7.99. The molecule has 0 aliphatic heterocycles. The average Bonchev–Trinajstić information content (AvgIpc) is 2.43. The molecule has 1 heterocycles. The maximum absolute atomic E-state index is 11.0. The topological polar surface area (TPSA) is 76.3 Å². The third-order valence-corrected chi connectivity index (χ3v) is 4.19. The molecule has 2 rings (SSSR count). The quantitative estimate of drug-likeness (QED) is 0.517. The van der Waals surface area contributed by atoms with Crippen LogP contribution in [0.1, 0.15) is 6.92 Å². The number of fused-ring (bicyclic) bond motifs is 1. The second-order valence-electron chi connectivity index (χ2n) is 4.36. The summed E-state index contributed by atoms with van der Waals surface area (Å²) >= 11 is 1.58. The first-order chi connectivity index (χ1) is 9.13. The van der Waals surface area contributed by atoms with Gasteiger partial charge in [0.25, 0.3) is 5.69 Å². The molecule has 1 N–H and O–H groups in total. The van der Waals surface area contributed by atoms with Gasteiger partial charge < -0.3 is 5.11 Å². The summed E-state index contributed by atoms with van der Waals surface area (Å²) in [5.74, 6) is 0.949. The smallest absolute Gasteiger partial charge is 0.277 e. The lowest BCUT2D eigenvalue weighted by atomic mass is 10.1. The zero-order chi connectivity index (χ0) is 13.8. The highest BCUT2D eigenvalue weighted by atomic mass is 32.2. The molecule has 0 saturated carbocycles. The number of pyridine rings is 1. The molecule has 19 heavy (non-hydrogen) atoms. The maximum Gasteiger partial charge on any atom is 0.277 e. The molecule has 6 heteroatoms. The Bertz CT molecular complexity index is 603. The zero-order valence-corrected chi connectivity index (χ0v) is 11.3. The van der Waals surface area contributed by atoms with Gasteiger partial charge in [0.1, 0.15) is 0 Å². The Kier molecular flexibility index (Phi) is 4.34. The van der Waals surface area contributed by atoms with E-state index in [4.69, 9.17) is 5.11 Å². The molecule has 1 aromatic carbocycles. The third-order valence-electron chi connectivity index (χ3n) is 2.79. The van der Waals surface area contributed by atoms with E-state index in [1.54, 1.807) is 36.3 Å². The second kappa shape index (κ2) is 5.99. The lowest BCUT2D eigenvalue weighted by Gasteiger charge is -2.09. The van der Waals surface area contributed by atoms with Crippen LogP contribution in [0.3, 0.4) is 0 Å². The van der Waals surface area contributed by atoms with Crippen LogP contribution < -0.4 is 0 Å². The van der Waals surface area contributed by atoms with Crippen LogP contribution in [0, 0.1) is 16.0 Å². The summed E-state index contributed by atoms with van der Waals surface area (Å²) in [6, 6.07) is 4.93. The lowest BCUT2D eigenvalue weighted by molar-refractivity contribution is -0.383. The van der Waals surface area contributed by atoms with Crippen LogP contribution in [0.5, 0.6) is 0 Å². The number of hydrogen-bond donors (Lipinski definition) is 1. The first-order valence-electron chi connectivity index (χ1n) is 5.88. The minimum absolute atomic E-state index is 0.0944. The van der Waals surface area contributed by atoms with Gasteiger partial charge in [0.15, 0.2) is 0 Å². The molecule has 0 saturated heterocycles. The first kappa shape index (κ1) is 13.8. The fraction of sp³-hybridized carbons (Fsp3) is 0.308. The molecule has 100 valence electrons. The Morgan fingerprint density at radius 3 is 2.89 bits per heavy atom. The van der Waals surface area contributed by atoms with E-state index in [0.717, 1.165) is 16.0 Å². The number of aliphatic hydroxyl groups is 1. The predicted octanol–water partition coefficient (Wildman–Crippen LogP) is 2.86. The normalized spacial score (nSPS) is 12.5. The lowest BCUT2D eigenvalue weighted by Crippen LogP contribution is -2.03. The van der Waals surface area contributed by atoms with Crippen molar-refractivity contribution in [3.05, 3.63) is 40.7 Å². The van der Waals surface area contributed by atoms with E-state index < -0.39 is 0 Å². The van der Waals surface area contributed by atoms with Gasteiger partial charge in [-0.05, 0) is 18.1 Å². The Morgan fingerprint density at radius 1 is 1.42 bits per heavy atom. The van der Waals surface area contributed by atoms with Gasteiger partial charge in [0.2, 0.25) is 0 Å². The second-order valence-corrected chi connectivity index (χ2v) is 5.42. The predicted molar refractivity (Wildman–Crippen MR) is 75.4 cm³/mol. The van der Waals surface area contributed by atoms with Gasteiger partial charge in [-0.1, -0.05) is 6.92 Å². The van der Waals surface area contributed by atoms with E-state index in [1.807, 2.05) is 6.92 Å². The van der Waals surface area contributed by atoms with Crippen molar-refractivity contribution in [3.63, 3.8) is 0 Å². The van der Waals surface area contributed by atoms with Crippen LogP contribution in [0.25, 0.3) is 10.8 Å². The highest BCUT2D eigenvalue weighted by Crippen LogP contribution is 2.33. The minimum atomic E-state index is -0.382. The fourth-order valence-corrected chi connectivity index (χ4v) is 2.77. The molecule has 0 spiro atoms. The molecular weight excluding hydrogens is 264 g/mol. The molecule has 0 aliphatic carbocycles. The number of non-ortho nitro benzene ring substituents is 1. The number of nitro groups is 1. The van der Waals surface area contributed by atoms with Crippen molar-refractivity contribution in [1.29, 1.82) is 0 Å². The van der Waals surface area contributed by atoms with Crippen molar-refractivity contribution < 1.29 is 10.0 Å². The average molecular weight is 278 g/mol. The third kappa shape index (κ3) is 3.02. The molecule has 1 unspecified atom stereocenters. The summed E-state index contributed by atoms with van der Waals surface area (Å²) in [6.45, 7) is 2.09. The van der Waals surface area contributed by atoms with Gasteiger partial charge in [-0.15, -0.1) is 11.8 Å². The van der Waals surface area contributed by atoms with Crippen LogP contribution >= 0.6 is 11.8 Å². The fourth-order valence-electron chi connectivity index (χ4n) is 1.72. The molecule has 0 bridgehead atoms. The summed E-state index contributed by atoms with van der Waals surface area (Å²) < 4.78 is 0. The van der Waals surface area contributed by atoms with Gasteiger partial charge >= 0.3 is 0 Å². The number of aromatic nitrogens is 1. The van der Waals surface area contributed by atoms with Crippen LogP contribution in [-0.2, 0) is 0 Å². The van der Waals surface area contributed by atoms with Crippen molar-refractivity contribution in [2.45, 2.75) is 11.8 Å². The SMILES string of the molecule is CC(CO)CSc1ccc([N+](=O)[O-])c2ccncc12. The summed E-state index contributed by atoms with van der Waals surface area (Å²) in [6.07, 6.45) is 3.20. The van der Waals surface area contributed by atoms with Crippen molar-refractivity contribution in [1.82, 2.24) is 4.98 Å². The van der Waals surface area contributed by atoms with Crippen molar-refractivity contribution in [2.24, 2.45) is 5.92 Å². The number of rotatable bonds is 5. The molecule has 0 radical (unpaired) electrons. The van der Waals surface area contributed by atoms with Gasteiger partial charge in [-0.2, -0.15) is 0 Å². The summed E-state index contributed by atoms with van der Waals surface area (Å²) in [7, 11) is 0. The standard InChI is InChI=1S/C13H14N2O3S/c1-9(7-16)8-19-13-3-2-12(15(17)18)10-4-5-14-6-11(10)13/h2-6,9,16H,7-8H2,1H3. The number of benzene rings is 1. The molecule has 2 aromatic rings. The van der Waals surface area contributed by atoms with E-state index in [9.17, 15) is 10.1 Å². The van der Waals surface area contributed by atoms with E-state index >= 15 is 0 Å². The molecule has 0 aliphatic rings. The number of thioether (sulfide) groups is 1. The van der Waals surface area contributed by atoms with Crippen molar-refractivity contribution >= 4 is 28.2 Å². The summed E-state index contributed by atoms with van der Waals surface area (Å²) in [4.78, 5) is 15.6. The number of aliphatic hydroxyl groups excluding tert-OH is 1. The number of nitrogens with zero attached hydrogens (tertiary/aromatic N) is 2. The number of nitro benzene ring substituents is 1. The van der Waals surface area contributed by atoms with E-state index in [1.165, 1.54) is 6.07 Å². The molecular formula is C13H14N2O3S. The zero-order valence-electron chi connectivity index (χ0n) is 10.4. The molecule has 0 amide bonds. The Hall–Kier alpha value is -1.66. The van der Waals surface area contributed by atoms with Gasteiger partial charge in [-0.25, -0.2) is 0 Å². The first-order valence-corrected chi connectivity index (χ1v) is 6.86. The molecule has 5 nitrogen and oxygen atoms in total. The van der Waals surface area contributed by atoms with E-state index in [2.05, 4.69) is 4.98 Å². The van der Waals surface area contributed by atoms with Crippen LogP contribution in [-0.4, -0.2) is 27.4 Å². The van der Waals surface area contributed by atoms with Crippen LogP contribution in [0.2, 0.25) is 0 Å². The molecule has 0 fully saturated rings. The van der Waals surface area contributed by atoms with Gasteiger partial charge in [-0.3, -0.25) is 15.1 Å². The highest BCUT2D eigenvalue weighted by Gasteiger charge is 2.14. The summed E-state index contributed by atoms with van der Waals surface area (Å²) in [5, 5.41) is 21.4. The van der Waals surface area contributed by atoms with E-state index in [-0.39, 0.29) is 23.1 Å². The van der Waals surface area contributed by atoms with Crippen LogP contribution in [0.4, 0.5) is 5.69 Å². The Labute approximate surface area is 114 Å². The maximum atomic E-state index is 11.0. The van der Waals surface area contributed by atoms with Gasteiger partial charge in [0.05, 0.1) is 10.3 Å².